The van der Waals surface area contributed by atoms with Crippen LogP contribution < -0.4 is 16.5 Å². The van der Waals surface area contributed by atoms with E-state index in [9.17, 15) is 14.4 Å². The van der Waals surface area contributed by atoms with Crippen LogP contribution in [0.15, 0.2) is 83.9 Å². The molecule has 0 saturated heterocycles. The van der Waals surface area contributed by atoms with Crippen LogP contribution in [-0.4, -0.2) is 27.6 Å². The van der Waals surface area contributed by atoms with Crippen molar-refractivity contribution in [2.24, 2.45) is 4.99 Å². The molecule has 0 radical (unpaired) electrons. The van der Waals surface area contributed by atoms with Gasteiger partial charge in [0.25, 0.3) is 0 Å². The average Bonchev–Trinajstić information content (AvgIpc) is 2.90. The zero-order chi connectivity index (χ0) is 28.1. The highest BCUT2D eigenvalue weighted by molar-refractivity contribution is 5.96. The van der Waals surface area contributed by atoms with Gasteiger partial charge in [-0.25, -0.2) is 4.39 Å². The lowest BCUT2D eigenvalue weighted by Gasteiger charge is -2.18. The second-order valence-corrected chi connectivity index (χ2v) is 9.67. The van der Waals surface area contributed by atoms with Crippen molar-refractivity contribution in [3.8, 4) is 22.3 Å². The van der Waals surface area contributed by atoms with Crippen LogP contribution in [0, 0.1) is 11.2 Å². The Morgan fingerprint density at radius 2 is 1.67 bits per heavy atom. The number of halogens is 1. The first-order valence-electron chi connectivity index (χ1n) is 12.7. The van der Waals surface area contributed by atoms with Crippen LogP contribution in [0.5, 0.6) is 0 Å². The van der Waals surface area contributed by atoms with Gasteiger partial charge in [0.1, 0.15) is 5.82 Å². The van der Waals surface area contributed by atoms with Crippen LogP contribution in [-0.2, 0) is 17.8 Å². The summed E-state index contributed by atoms with van der Waals surface area (Å²) in [5.41, 5.74) is 12.4. The van der Waals surface area contributed by atoms with Gasteiger partial charge < -0.3 is 21.7 Å². The Kier molecular flexibility index (Phi) is 8.24. The number of nitrogen functional groups attached to an aromatic ring is 1. The van der Waals surface area contributed by atoms with Crippen LogP contribution in [0.4, 0.5) is 10.1 Å². The molecule has 0 saturated carbocycles. The molecule has 0 spiro atoms. The molecule has 7 nitrogen and oxygen atoms in total. The van der Waals surface area contributed by atoms with E-state index in [1.165, 1.54) is 12.1 Å². The van der Waals surface area contributed by atoms with E-state index in [0.717, 1.165) is 27.0 Å². The Morgan fingerprint density at radius 3 is 2.31 bits per heavy atom. The number of nitrogens with two attached hydrogens (primary N) is 1. The molecule has 0 atom stereocenters. The molecule has 3 aromatic carbocycles. The Hall–Kier alpha value is -4.72. The number of carbonyl (C=O) groups excluding carboxylic acids is 1. The number of aromatic nitrogens is 1. The highest BCUT2D eigenvalue weighted by Gasteiger charge is 2.18. The molecule has 39 heavy (non-hydrogen) atoms. The normalized spacial score (nSPS) is 11.6. The zero-order valence-corrected chi connectivity index (χ0v) is 22.2. The van der Waals surface area contributed by atoms with Crippen molar-refractivity contribution in [1.29, 1.82) is 5.41 Å². The number of rotatable bonds is 8. The van der Waals surface area contributed by atoms with Gasteiger partial charge in [-0.1, -0.05) is 42.5 Å². The summed E-state index contributed by atoms with van der Waals surface area (Å²) in [6, 6.07) is 22.4. The van der Waals surface area contributed by atoms with Crippen molar-refractivity contribution in [2.45, 2.75) is 39.8 Å². The van der Waals surface area contributed by atoms with Gasteiger partial charge in [-0.2, -0.15) is 4.73 Å². The minimum absolute atomic E-state index is 0.0781. The predicted molar refractivity (Wildman–Crippen MR) is 152 cm³/mol. The SMILES string of the molecule is CC(=N)c1ccc(CNC(=O)Cc2c(-c3cc(N)ccc3-c3ccc(F)cc3)ccc(=NC(C)C)n2O)cc1. The smallest absolute Gasteiger partial charge is 0.226 e. The topological polar surface area (TPSA) is 116 Å². The Bertz CT molecular complexity index is 1570. The second-order valence-electron chi connectivity index (χ2n) is 9.67. The summed E-state index contributed by atoms with van der Waals surface area (Å²) < 4.78 is 14.6. The van der Waals surface area contributed by atoms with Crippen molar-refractivity contribution in [3.05, 3.63) is 107 Å². The summed E-state index contributed by atoms with van der Waals surface area (Å²) in [5.74, 6) is -0.635. The maximum Gasteiger partial charge on any atom is 0.226 e. The summed E-state index contributed by atoms with van der Waals surface area (Å²) >= 11 is 0. The van der Waals surface area contributed by atoms with Crippen molar-refractivity contribution < 1.29 is 14.4 Å². The number of carbonyl (C=O) groups is 1. The molecule has 0 aliphatic carbocycles. The van der Waals surface area contributed by atoms with Gasteiger partial charge in [0, 0.05) is 29.5 Å². The minimum Gasteiger partial charge on any atom is -0.427 e. The standard InChI is InChI=1S/C31H32FN5O2/c1-19(2)36-30-15-14-27(28-16-25(34)12-13-26(28)23-8-10-24(32)11-9-23)29(37(30)39)17-31(38)35-18-21-4-6-22(7-5-21)20(3)33/h4-16,19,33,39H,17-18,34H2,1-3H3,(H,35,38). The first-order chi connectivity index (χ1) is 18.6. The average molecular weight is 526 g/mol. The second kappa shape index (κ2) is 11.8. The van der Waals surface area contributed by atoms with Crippen LogP contribution in [0.3, 0.4) is 0 Å². The third-order valence-electron chi connectivity index (χ3n) is 6.27. The maximum atomic E-state index is 13.6. The largest absolute Gasteiger partial charge is 0.427 e. The number of nitrogens with one attached hydrogen (secondary N) is 2. The molecule has 4 aromatic rings. The zero-order valence-electron chi connectivity index (χ0n) is 22.2. The third-order valence-corrected chi connectivity index (χ3v) is 6.27. The number of hydrogen-bond acceptors (Lipinski definition) is 5. The van der Waals surface area contributed by atoms with Gasteiger partial charge in [0.15, 0.2) is 5.49 Å². The molecule has 200 valence electrons. The van der Waals surface area contributed by atoms with Gasteiger partial charge in [0.05, 0.1) is 12.1 Å². The number of hydrogen-bond donors (Lipinski definition) is 4. The molecule has 5 N–H and O–H groups in total. The first-order valence-corrected chi connectivity index (χ1v) is 12.7. The van der Waals surface area contributed by atoms with Gasteiger partial charge >= 0.3 is 0 Å². The van der Waals surface area contributed by atoms with Crippen molar-refractivity contribution >= 4 is 17.3 Å². The molecule has 1 heterocycles. The maximum absolute atomic E-state index is 13.6. The Balaban J connectivity index is 1.73. The van der Waals surface area contributed by atoms with E-state index in [2.05, 4.69) is 10.3 Å². The Labute approximate surface area is 226 Å². The summed E-state index contributed by atoms with van der Waals surface area (Å²) in [7, 11) is 0. The molecule has 0 bridgehead atoms. The van der Waals surface area contributed by atoms with Crippen molar-refractivity contribution in [3.63, 3.8) is 0 Å². The highest BCUT2D eigenvalue weighted by atomic mass is 19.1. The first kappa shape index (κ1) is 27.3. The molecule has 1 aromatic heterocycles. The number of amides is 1. The van der Waals surface area contributed by atoms with Gasteiger partial charge in [0.2, 0.25) is 5.91 Å². The van der Waals surface area contributed by atoms with Crippen LogP contribution >= 0.6 is 0 Å². The minimum atomic E-state index is -0.344. The van der Waals surface area contributed by atoms with Gasteiger partial charge in [-0.15, -0.1) is 0 Å². The lowest BCUT2D eigenvalue weighted by Crippen LogP contribution is -2.30. The fourth-order valence-corrected chi connectivity index (χ4v) is 4.31. The number of benzene rings is 3. The predicted octanol–water partition coefficient (Wildman–Crippen LogP) is 5.34. The van der Waals surface area contributed by atoms with Crippen LogP contribution in [0.25, 0.3) is 22.3 Å². The number of pyridine rings is 1. The lowest BCUT2D eigenvalue weighted by atomic mass is 9.92. The molecule has 0 aliphatic rings. The molecule has 1 amide bonds. The summed E-state index contributed by atoms with van der Waals surface area (Å²) in [6.07, 6.45) is -0.122. The van der Waals surface area contributed by atoms with E-state index in [-0.39, 0.29) is 24.2 Å². The van der Waals surface area contributed by atoms with Crippen molar-refractivity contribution in [1.82, 2.24) is 10.0 Å². The van der Waals surface area contributed by atoms with E-state index in [1.807, 2.05) is 50.2 Å². The summed E-state index contributed by atoms with van der Waals surface area (Å²) in [6.45, 7) is 5.82. The van der Waals surface area contributed by atoms with E-state index in [1.54, 1.807) is 37.3 Å². The Morgan fingerprint density at radius 1 is 1.00 bits per heavy atom. The van der Waals surface area contributed by atoms with Crippen LogP contribution in [0.2, 0.25) is 0 Å². The van der Waals surface area contributed by atoms with E-state index in [0.29, 0.717) is 40.3 Å². The van der Waals surface area contributed by atoms with Crippen LogP contribution in [0.1, 0.15) is 37.6 Å². The quantitative estimate of drug-likeness (QED) is 0.141. The third kappa shape index (κ3) is 6.59. The summed E-state index contributed by atoms with van der Waals surface area (Å²) in [4.78, 5) is 17.6. The number of nitrogens with zero attached hydrogens (tertiary/aromatic N) is 2. The van der Waals surface area contributed by atoms with E-state index in [4.69, 9.17) is 11.1 Å². The van der Waals surface area contributed by atoms with E-state index < -0.39 is 0 Å². The molecular weight excluding hydrogens is 493 g/mol. The molecular formula is C31H32FN5O2. The number of anilines is 1. The highest BCUT2D eigenvalue weighted by Crippen LogP contribution is 2.35. The summed E-state index contributed by atoms with van der Waals surface area (Å²) in [5, 5.41) is 21.9. The fraction of sp³-hybridized carbons (Fsp3) is 0.194. The molecule has 0 aliphatic heterocycles. The monoisotopic (exact) mass is 525 g/mol. The molecule has 0 fully saturated rings. The fourth-order valence-electron chi connectivity index (χ4n) is 4.31. The molecule has 8 heteroatoms. The molecule has 4 rings (SSSR count). The van der Waals surface area contributed by atoms with Crippen molar-refractivity contribution in [2.75, 3.05) is 5.73 Å². The van der Waals surface area contributed by atoms with Gasteiger partial charge in [-0.3, -0.25) is 9.79 Å². The van der Waals surface area contributed by atoms with E-state index >= 15 is 0 Å². The lowest BCUT2D eigenvalue weighted by molar-refractivity contribution is -0.120. The molecule has 0 unspecified atom stereocenters. The van der Waals surface area contributed by atoms with Gasteiger partial charge in [-0.05, 0) is 85.0 Å².